The van der Waals surface area contributed by atoms with Gasteiger partial charge in [0.25, 0.3) is 0 Å². The molecule has 0 unspecified atom stereocenters. The molecule has 0 spiro atoms. The Morgan fingerprint density at radius 1 is 1.14 bits per heavy atom. The van der Waals surface area contributed by atoms with Gasteiger partial charge in [-0.3, -0.25) is 0 Å². The molecule has 0 saturated carbocycles. The maximum atomic E-state index is 6.13. The van der Waals surface area contributed by atoms with E-state index in [0.717, 1.165) is 34.4 Å². The minimum Gasteiger partial charge on any atom is -0.455 e. The van der Waals surface area contributed by atoms with Crippen molar-refractivity contribution in [2.75, 3.05) is 6.54 Å². The van der Waals surface area contributed by atoms with Gasteiger partial charge in [0.15, 0.2) is 5.75 Å². The van der Waals surface area contributed by atoms with Crippen molar-refractivity contribution in [3.8, 4) is 11.5 Å². The molecule has 2 N–H and O–H groups in total. The molecule has 0 aliphatic heterocycles. The zero-order valence-electron chi connectivity index (χ0n) is 11.8. The van der Waals surface area contributed by atoms with Crippen molar-refractivity contribution in [2.45, 2.75) is 6.42 Å². The Hall–Kier alpha value is -1.97. The number of ether oxygens (including phenoxy) is 1. The fourth-order valence-electron chi connectivity index (χ4n) is 2.50. The summed E-state index contributed by atoms with van der Waals surface area (Å²) in [6, 6.07) is 13.8. The van der Waals surface area contributed by atoms with E-state index in [1.807, 2.05) is 43.6 Å². The number of aromatic nitrogens is 1. The molecule has 1 aromatic heterocycles. The largest absolute Gasteiger partial charge is 0.455 e. The van der Waals surface area contributed by atoms with E-state index in [-0.39, 0.29) is 0 Å². The molecule has 0 saturated heterocycles. The van der Waals surface area contributed by atoms with Crippen LogP contribution in [0.4, 0.5) is 0 Å². The molecule has 0 bridgehead atoms. The SMILES string of the molecule is Cn1ccc2cccc(Oc3cc(Cl)ccc3CCN)c21. The van der Waals surface area contributed by atoms with Gasteiger partial charge in [-0.15, -0.1) is 0 Å². The molecule has 4 heteroatoms. The highest BCUT2D eigenvalue weighted by molar-refractivity contribution is 6.30. The van der Waals surface area contributed by atoms with Crippen molar-refractivity contribution in [2.24, 2.45) is 12.8 Å². The Bertz CT molecular complexity index is 780. The van der Waals surface area contributed by atoms with E-state index in [2.05, 4.69) is 16.7 Å². The van der Waals surface area contributed by atoms with Gasteiger partial charge in [0.1, 0.15) is 5.75 Å². The van der Waals surface area contributed by atoms with Crippen molar-refractivity contribution >= 4 is 22.5 Å². The molecule has 2 aromatic carbocycles. The number of fused-ring (bicyclic) bond motifs is 1. The average Bonchev–Trinajstić information content (AvgIpc) is 2.85. The molecule has 3 rings (SSSR count). The Balaban J connectivity index is 2.06. The number of hydrogen-bond donors (Lipinski definition) is 1. The van der Waals surface area contributed by atoms with Crippen molar-refractivity contribution in [3.05, 3.63) is 59.2 Å². The number of rotatable bonds is 4. The number of benzene rings is 2. The van der Waals surface area contributed by atoms with Crippen molar-refractivity contribution in [1.82, 2.24) is 4.57 Å². The molecule has 0 amide bonds. The molecule has 0 atom stereocenters. The topological polar surface area (TPSA) is 40.2 Å². The number of nitrogens with two attached hydrogens (primary N) is 1. The summed E-state index contributed by atoms with van der Waals surface area (Å²) >= 11 is 6.10. The van der Waals surface area contributed by atoms with Crippen LogP contribution >= 0.6 is 11.6 Å². The maximum absolute atomic E-state index is 6.13. The molecular formula is C17H17ClN2O. The highest BCUT2D eigenvalue weighted by Gasteiger charge is 2.10. The Morgan fingerprint density at radius 2 is 2.00 bits per heavy atom. The van der Waals surface area contributed by atoms with Gasteiger partial charge in [-0.2, -0.15) is 0 Å². The van der Waals surface area contributed by atoms with Crippen LogP contribution < -0.4 is 10.5 Å². The number of hydrogen-bond acceptors (Lipinski definition) is 2. The molecule has 0 radical (unpaired) electrons. The van der Waals surface area contributed by atoms with Gasteiger partial charge >= 0.3 is 0 Å². The van der Waals surface area contributed by atoms with Gasteiger partial charge in [-0.25, -0.2) is 0 Å². The Kier molecular flexibility index (Phi) is 3.86. The second kappa shape index (κ2) is 5.80. The molecule has 108 valence electrons. The van der Waals surface area contributed by atoms with Crippen molar-refractivity contribution in [3.63, 3.8) is 0 Å². The van der Waals surface area contributed by atoms with Gasteiger partial charge in [0, 0.05) is 23.7 Å². The molecule has 1 heterocycles. The standard InChI is InChI=1S/C17H17ClN2O/c1-20-10-8-13-3-2-4-15(17(13)20)21-16-11-14(18)6-5-12(16)7-9-19/h2-6,8,10-11H,7,9,19H2,1H3. The van der Waals surface area contributed by atoms with Gasteiger partial charge in [-0.1, -0.05) is 29.8 Å². The number of nitrogens with zero attached hydrogens (tertiary/aromatic N) is 1. The second-order valence-electron chi connectivity index (χ2n) is 5.01. The van der Waals surface area contributed by atoms with Gasteiger partial charge in [-0.05, 0) is 42.8 Å². The monoisotopic (exact) mass is 300 g/mol. The van der Waals surface area contributed by atoms with Crippen LogP contribution in [-0.2, 0) is 13.5 Å². The predicted octanol–water partition coefficient (Wildman–Crippen LogP) is 4.13. The minimum atomic E-state index is 0.576. The van der Waals surface area contributed by atoms with Crippen LogP contribution in [0.25, 0.3) is 10.9 Å². The first-order chi connectivity index (χ1) is 10.2. The van der Waals surface area contributed by atoms with E-state index in [0.29, 0.717) is 11.6 Å². The average molecular weight is 301 g/mol. The van der Waals surface area contributed by atoms with Crippen LogP contribution in [-0.4, -0.2) is 11.1 Å². The lowest BCUT2D eigenvalue weighted by molar-refractivity contribution is 0.479. The lowest BCUT2D eigenvalue weighted by Gasteiger charge is -2.13. The first-order valence-electron chi connectivity index (χ1n) is 6.89. The minimum absolute atomic E-state index is 0.576. The van der Waals surface area contributed by atoms with Gasteiger partial charge < -0.3 is 15.0 Å². The van der Waals surface area contributed by atoms with Crippen LogP contribution in [0.3, 0.4) is 0 Å². The van der Waals surface area contributed by atoms with E-state index in [9.17, 15) is 0 Å². The summed E-state index contributed by atoms with van der Waals surface area (Å²) < 4.78 is 8.19. The van der Waals surface area contributed by atoms with E-state index >= 15 is 0 Å². The van der Waals surface area contributed by atoms with Gasteiger partial charge in [0.05, 0.1) is 5.52 Å². The Labute approximate surface area is 128 Å². The van der Waals surface area contributed by atoms with Crippen LogP contribution in [0.5, 0.6) is 11.5 Å². The van der Waals surface area contributed by atoms with Crippen LogP contribution in [0.2, 0.25) is 5.02 Å². The fourth-order valence-corrected chi connectivity index (χ4v) is 2.67. The lowest BCUT2D eigenvalue weighted by Crippen LogP contribution is -2.04. The number of para-hydroxylation sites is 1. The Morgan fingerprint density at radius 3 is 2.81 bits per heavy atom. The summed E-state index contributed by atoms with van der Waals surface area (Å²) in [6.07, 6.45) is 2.78. The van der Waals surface area contributed by atoms with Gasteiger partial charge in [0.2, 0.25) is 0 Å². The zero-order valence-corrected chi connectivity index (χ0v) is 12.6. The highest BCUT2D eigenvalue weighted by atomic mass is 35.5. The lowest BCUT2D eigenvalue weighted by atomic mass is 10.1. The molecule has 0 fully saturated rings. The highest BCUT2D eigenvalue weighted by Crippen LogP contribution is 2.33. The number of aryl methyl sites for hydroxylation is 1. The predicted molar refractivity (Wildman–Crippen MR) is 87.2 cm³/mol. The van der Waals surface area contributed by atoms with E-state index in [4.69, 9.17) is 22.1 Å². The molecule has 3 nitrogen and oxygen atoms in total. The van der Waals surface area contributed by atoms with Crippen molar-refractivity contribution < 1.29 is 4.74 Å². The normalized spacial score (nSPS) is 11.0. The van der Waals surface area contributed by atoms with Crippen LogP contribution in [0, 0.1) is 0 Å². The third-order valence-electron chi connectivity index (χ3n) is 3.52. The third kappa shape index (κ3) is 2.75. The summed E-state index contributed by atoms with van der Waals surface area (Å²) in [5, 5.41) is 1.81. The molecule has 0 aliphatic rings. The summed E-state index contributed by atoms with van der Waals surface area (Å²) in [4.78, 5) is 0. The molecule has 21 heavy (non-hydrogen) atoms. The first-order valence-corrected chi connectivity index (χ1v) is 7.27. The smallest absolute Gasteiger partial charge is 0.151 e. The third-order valence-corrected chi connectivity index (χ3v) is 3.76. The van der Waals surface area contributed by atoms with Crippen LogP contribution in [0.1, 0.15) is 5.56 Å². The zero-order chi connectivity index (χ0) is 14.8. The molecular weight excluding hydrogens is 284 g/mol. The number of halogens is 1. The van der Waals surface area contributed by atoms with Crippen LogP contribution in [0.15, 0.2) is 48.7 Å². The maximum Gasteiger partial charge on any atom is 0.151 e. The summed E-state index contributed by atoms with van der Waals surface area (Å²) in [7, 11) is 2.01. The molecule has 0 aliphatic carbocycles. The first kappa shape index (κ1) is 14.0. The van der Waals surface area contributed by atoms with Crippen molar-refractivity contribution in [1.29, 1.82) is 0 Å². The summed E-state index contributed by atoms with van der Waals surface area (Å²) in [6.45, 7) is 0.576. The quantitative estimate of drug-likeness (QED) is 0.787. The summed E-state index contributed by atoms with van der Waals surface area (Å²) in [5.41, 5.74) is 7.80. The second-order valence-corrected chi connectivity index (χ2v) is 5.45. The van der Waals surface area contributed by atoms with E-state index < -0.39 is 0 Å². The fraction of sp³-hybridized carbons (Fsp3) is 0.176. The molecule has 3 aromatic rings. The van der Waals surface area contributed by atoms with E-state index in [1.165, 1.54) is 0 Å². The summed E-state index contributed by atoms with van der Waals surface area (Å²) in [5.74, 6) is 1.59. The van der Waals surface area contributed by atoms with E-state index in [1.54, 1.807) is 0 Å².